The molecule has 0 unspecified atom stereocenters. The highest BCUT2D eigenvalue weighted by Gasteiger charge is 2.23. The topological polar surface area (TPSA) is 41.1 Å². The van der Waals surface area contributed by atoms with Crippen molar-refractivity contribution in [1.29, 1.82) is 0 Å². The van der Waals surface area contributed by atoms with E-state index in [4.69, 9.17) is 0 Å². The van der Waals surface area contributed by atoms with Crippen LogP contribution in [0.2, 0.25) is 0 Å². The van der Waals surface area contributed by atoms with E-state index in [2.05, 4.69) is 10.6 Å². The van der Waals surface area contributed by atoms with E-state index in [0.29, 0.717) is 17.5 Å². The number of hydrogen-bond donors (Lipinski definition) is 2. The van der Waals surface area contributed by atoms with Gasteiger partial charge in [0.15, 0.2) is 0 Å². The average molecular weight is 268 g/mol. The predicted octanol–water partition coefficient (Wildman–Crippen LogP) is 1.92. The summed E-state index contributed by atoms with van der Waals surface area (Å²) in [6.07, 6.45) is 2.14. The van der Waals surface area contributed by atoms with Crippen molar-refractivity contribution in [2.45, 2.75) is 30.3 Å². The number of benzene rings is 1. The molecule has 5 heteroatoms. The molecule has 0 radical (unpaired) electrons. The number of rotatable bonds is 6. The van der Waals surface area contributed by atoms with Crippen LogP contribution in [0.15, 0.2) is 23.1 Å². The van der Waals surface area contributed by atoms with Gasteiger partial charge in [-0.25, -0.2) is 4.39 Å². The molecule has 0 bridgehead atoms. The number of carbonyl (C=O) groups excluding carboxylic acids is 1. The van der Waals surface area contributed by atoms with Gasteiger partial charge >= 0.3 is 0 Å². The minimum absolute atomic E-state index is 0.0128. The average Bonchev–Trinajstić information content (AvgIpc) is 3.12. The molecule has 1 amide bonds. The molecule has 1 aromatic rings. The van der Waals surface area contributed by atoms with Gasteiger partial charge in [-0.15, -0.1) is 11.8 Å². The van der Waals surface area contributed by atoms with Crippen molar-refractivity contribution in [3.05, 3.63) is 29.6 Å². The van der Waals surface area contributed by atoms with E-state index in [9.17, 15) is 9.18 Å². The zero-order valence-electron chi connectivity index (χ0n) is 10.3. The number of nitrogens with one attached hydrogen (secondary N) is 2. The minimum atomic E-state index is -0.257. The fraction of sp³-hybridized carbons (Fsp3) is 0.462. The smallest absolute Gasteiger partial charge is 0.230 e. The quantitative estimate of drug-likeness (QED) is 0.774. The molecule has 0 aliphatic heterocycles. The van der Waals surface area contributed by atoms with E-state index >= 15 is 0 Å². The number of halogens is 1. The second-order valence-corrected chi connectivity index (χ2v) is 5.37. The molecule has 0 aromatic heterocycles. The van der Waals surface area contributed by atoms with Crippen molar-refractivity contribution in [1.82, 2.24) is 10.6 Å². The Morgan fingerprint density at radius 3 is 2.94 bits per heavy atom. The Labute approximate surface area is 111 Å². The van der Waals surface area contributed by atoms with Crippen LogP contribution >= 0.6 is 11.8 Å². The number of hydrogen-bond acceptors (Lipinski definition) is 3. The van der Waals surface area contributed by atoms with Gasteiger partial charge in [-0.1, -0.05) is 12.1 Å². The standard InChI is InChI=1S/C13H17FN2OS/c1-15-7-9-3-2-4-11(14)13(9)18-8-12(17)16-10-5-6-10/h2-4,10,15H,5-8H2,1H3,(H,16,17). The zero-order chi connectivity index (χ0) is 13.0. The Kier molecular flexibility index (Phi) is 4.60. The van der Waals surface area contributed by atoms with Gasteiger partial charge in [0, 0.05) is 17.5 Å². The molecule has 1 aromatic carbocycles. The number of thioether (sulfide) groups is 1. The van der Waals surface area contributed by atoms with Crippen LogP contribution in [0.4, 0.5) is 4.39 Å². The summed E-state index contributed by atoms with van der Waals surface area (Å²) in [5.41, 5.74) is 0.890. The molecule has 3 nitrogen and oxygen atoms in total. The third-order valence-electron chi connectivity index (χ3n) is 2.71. The lowest BCUT2D eigenvalue weighted by atomic mass is 10.2. The van der Waals surface area contributed by atoms with Crippen LogP contribution in [-0.2, 0) is 11.3 Å². The molecular formula is C13H17FN2OS. The molecule has 1 aliphatic rings. The molecule has 1 saturated carbocycles. The minimum Gasteiger partial charge on any atom is -0.353 e. The van der Waals surface area contributed by atoms with Gasteiger partial charge in [0.2, 0.25) is 5.91 Å². The maximum Gasteiger partial charge on any atom is 0.230 e. The Balaban J connectivity index is 1.95. The molecule has 0 atom stereocenters. The highest BCUT2D eigenvalue weighted by Crippen LogP contribution is 2.26. The van der Waals surface area contributed by atoms with Gasteiger partial charge < -0.3 is 10.6 Å². The predicted molar refractivity (Wildman–Crippen MR) is 71.1 cm³/mol. The van der Waals surface area contributed by atoms with Gasteiger partial charge in [0.05, 0.1) is 5.75 Å². The molecule has 18 heavy (non-hydrogen) atoms. The number of amides is 1. The Bertz CT molecular complexity index is 435. The molecule has 1 fully saturated rings. The third-order valence-corrected chi connectivity index (χ3v) is 3.86. The summed E-state index contributed by atoms with van der Waals surface area (Å²) < 4.78 is 13.7. The van der Waals surface area contributed by atoms with Crippen LogP contribution in [0.25, 0.3) is 0 Å². The maximum atomic E-state index is 13.7. The van der Waals surface area contributed by atoms with Gasteiger partial charge in [-0.3, -0.25) is 4.79 Å². The van der Waals surface area contributed by atoms with Crippen LogP contribution in [0, 0.1) is 5.82 Å². The first kappa shape index (κ1) is 13.4. The summed E-state index contributed by atoms with van der Waals surface area (Å²) in [6, 6.07) is 5.35. The number of carbonyl (C=O) groups is 1. The molecule has 0 saturated heterocycles. The van der Waals surface area contributed by atoms with Gasteiger partial charge in [0.1, 0.15) is 5.82 Å². The summed E-state index contributed by atoms with van der Waals surface area (Å²) >= 11 is 1.26. The Morgan fingerprint density at radius 1 is 1.50 bits per heavy atom. The van der Waals surface area contributed by atoms with Crippen molar-refractivity contribution in [2.75, 3.05) is 12.8 Å². The Morgan fingerprint density at radius 2 is 2.28 bits per heavy atom. The van der Waals surface area contributed by atoms with E-state index in [1.807, 2.05) is 13.1 Å². The monoisotopic (exact) mass is 268 g/mol. The lowest BCUT2D eigenvalue weighted by molar-refractivity contribution is -0.118. The summed E-state index contributed by atoms with van der Waals surface area (Å²) in [6.45, 7) is 0.602. The second kappa shape index (κ2) is 6.20. The van der Waals surface area contributed by atoms with Crippen molar-refractivity contribution >= 4 is 17.7 Å². The van der Waals surface area contributed by atoms with E-state index in [0.717, 1.165) is 18.4 Å². The van der Waals surface area contributed by atoms with E-state index in [1.165, 1.54) is 17.8 Å². The van der Waals surface area contributed by atoms with E-state index in [1.54, 1.807) is 6.07 Å². The Hall–Kier alpha value is -1.07. The molecule has 1 aliphatic carbocycles. The third kappa shape index (κ3) is 3.71. The second-order valence-electron chi connectivity index (χ2n) is 4.39. The first-order valence-electron chi connectivity index (χ1n) is 6.05. The van der Waals surface area contributed by atoms with Crippen LogP contribution in [0.5, 0.6) is 0 Å². The van der Waals surface area contributed by atoms with Gasteiger partial charge in [0.25, 0.3) is 0 Å². The molecule has 2 rings (SSSR count). The fourth-order valence-corrected chi connectivity index (χ4v) is 2.57. The first-order valence-corrected chi connectivity index (χ1v) is 7.03. The lowest BCUT2D eigenvalue weighted by Gasteiger charge is -2.10. The van der Waals surface area contributed by atoms with E-state index < -0.39 is 0 Å². The first-order chi connectivity index (χ1) is 8.70. The summed E-state index contributed by atoms with van der Waals surface area (Å²) in [5.74, 6) is 0.00172. The summed E-state index contributed by atoms with van der Waals surface area (Å²) in [4.78, 5) is 12.1. The summed E-state index contributed by atoms with van der Waals surface area (Å²) in [5, 5.41) is 5.90. The normalized spacial score (nSPS) is 14.6. The maximum absolute atomic E-state index is 13.7. The largest absolute Gasteiger partial charge is 0.353 e. The van der Waals surface area contributed by atoms with Crippen molar-refractivity contribution in [3.8, 4) is 0 Å². The van der Waals surface area contributed by atoms with Crippen molar-refractivity contribution in [3.63, 3.8) is 0 Å². The van der Waals surface area contributed by atoms with Gasteiger partial charge in [-0.05, 0) is 31.5 Å². The molecular weight excluding hydrogens is 251 g/mol. The van der Waals surface area contributed by atoms with Crippen LogP contribution in [0.3, 0.4) is 0 Å². The van der Waals surface area contributed by atoms with Crippen LogP contribution < -0.4 is 10.6 Å². The molecule has 2 N–H and O–H groups in total. The molecule has 98 valence electrons. The van der Waals surface area contributed by atoms with Crippen LogP contribution in [0.1, 0.15) is 18.4 Å². The van der Waals surface area contributed by atoms with Crippen LogP contribution in [-0.4, -0.2) is 24.7 Å². The lowest BCUT2D eigenvalue weighted by Crippen LogP contribution is -2.27. The molecule has 0 heterocycles. The van der Waals surface area contributed by atoms with Gasteiger partial charge in [-0.2, -0.15) is 0 Å². The highest BCUT2D eigenvalue weighted by atomic mass is 32.2. The van der Waals surface area contributed by atoms with Crippen molar-refractivity contribution in [2.24, 2.45) is 0 Å². The summed E-state index contributed by atoms with van der Waals surface area (Å²) in [7, 11) is 1.82. The van der Waals surface area contributed by atoms with Crippen molar-refractivity contribution < 1.29 is 9.18 Å². The molecule has 0 spiro atoms. The zero-order valence-corrected chi connectivity index (χ0v) is 11.1. The van der Waals surface area contributed by atoms with E-state index in [-0.39, 0.29) is 17.5 Å². The fourth-order valence-electron chi connectivity index (χ4n) is 1.68. The highest BCUT2D eigenvalue weighted by molar-refractivity contribution is 8.00. The SMILES string of the molecule is CNCc1cccc(F)c1SCC(=O)NC1CC1.